The summed E-state index contributed by atoms with van der Waals surface area (Å²) in [6.07, 6.45) is 0. The van der Waals surface area contributed by atoms with Crippen LogP contribution in [0.15, 0.2) is 29.5 Å². The number of hydrogen-bond donors (Lipinski definition) is 0. The van der Waals surface area contributed by atoms with Crippen molar-refractivity contribution in [3.8, 4) is 0 Å². The molecule has 0 amide bonds. The molecule has 0 atom stereocenters. The van der Waals surface area contributed by atoms with Crippen LogP contribution in [-0.4, -0.2) is 39.5 Å². The highest BCUT2D eigenvalue weighted by Gasteiger charge is 2.32. The second-order valence-corrected chi connectivity index (χ2v) is 5.89. The minimum atomic E-state index is -0.603. The molecular formula is C15H16INO5. The fourth-order valence-electron chi connectivity index (χ4n) is 2.26. The van der Waals surface area contributed by atoms with Gasteiger partial charge in [-0.3, -0.25) is 0 Å². The Kier molecular flexibility index (Phi) is 5.41. The number of nitrogens with zero attached hydrogens (tertiary/aromatic N) is 1. The number of carbonyl (C=O) groups excluding carboxylic acids is 2. The molecule has 0 N–H and O–H groups in total. The number of ether oxygens (including phenoxy) is 3. The Hall–Kier alpha value is -1.61. The summed E-state index contributed by atoms with van der Waals surface area (Å²) in [7, 11) is 2.54. The SMILES string of the molecule is COC(=O)C1=C(C(=O)OC)N(c2ccc(I)cc2C)COC1. The van der Waals surface area contributed by atoms with Crippen LogP contribution in [0.3, 0.4) is 0 Å². The maximum absolute atomic E-state index is 12.2. The molecule has 1 heterocycles. The lowest BCUT2D eigenvalue weighted by Crippen LogP contribution is -2.39. The number of carbonyl (C=O) groups is 2. The lowest BCUT2D eigenvalue weighted by molar-refractivity contribution is -0.140. The summed E-state index contributed by atoms with van der Waals surface area (Å²) in [6.45, 7) is 2.10. The largest absolute Gasteiger partial charge is 0.466 e. The van der Waals surface area contributed by atoms with Gasteiger partial charge >= 0.3 is 11.9 Å². The molecule has 2 rings (SSSR count). The van der Waals surface area contributed by atoms with Gasteiger partial charge in [0.1, 0.15) is 12.4 Å². The molecule has 6 nitrogen and oxygen atoms in total. The van der Waals surface area contributed by atoms with E-state index in [0.717, 1.165) is 14.8 Å². The number of hydrogen-bond acceptors (Lipinski definition) is 6. The number of aryl methyl sites for hydroxylation is 1. The molecule has 0 saturated carbocycles. The van der Waals surface area contributed by atoms with Gasteiger partial charge < -0.3 is 19.1 Å². The first-order valence-electron chi connectivity index (χ1n) is 6.50. The second-order valence-electron chi connectivity index (χ2n) is 4.65. The van der Waals surface area contributed by atoms with Gasteiger partial charge in [0.25, 0.3) is 0 Å². The molecule has 118 valence electrons. The summed E-state index contributed by atoms with van der Waals surface area (Å²) in [5, 5.41) is 0. The van der Waals surface area contributed by atoms with Crippen LogP contribution in [0.1, 0.15) is 5.56 Å². The van der Waals surface area contributed by atoms with Gasteiger partial charge in [-0.15, -0.1) is 0 Å². The number of esters is 2. The maximum atomic E-state index is 12.2. The lowest BCUT2D eigenvalue weighted by atomic mass is 10.1. The molecule has 1 aromatic rings. The van der Waals surface area contributed by atoms with Crippen molar-refractivity contribution in [2.45, 2.75) is 6.92 Å². The van der Waals surface area contributed by atoms with Crippen molar-refractivity contribution >= 4 is 40.2 Å². The molecule has 1 aromatic carbocycles. The molecular weight excluding hydrogens is 401 g/mol. The van der Waals surface area contributed by atoms with Gasteiger partial charge in [-0.25, -0.2) is 9.59 Å². The minimum Gasteiger partial charge on any atom is -0.466 e. The van der Waals surface area contributed by atoms with Crippen molar-refractivity contribution in [2.75, 3.05) is 32.5 Å². The van der Waals surface area contributed by atoms with Crippen LogP contribution < -0.4 is 4.90 Å². The van der Waals surface area contributed by atoms with Crippen molar-refractivity contribution in [3.05, 3.63) is 38.6 Å². The summed E-state index contributed by atoms with van der Waals surface area (Å²) >= 11 is 2.21. The molecule has 0 unspecified atom stereocenters. The number of halogens is 1. The fourth-order valence-corrected chi connectivity index (χ4v) is 2.90. The number of methoxy groups -OCH3 is 2. The van der Waals surface area contributed by atoms with Gasteiger partial charge in [-0.1, -0.05) is 0 Å². The van der Waals surface area contributed by atoms with E-state index in [1.165, 1.54) is 14.2 Å². The van der Waals surface area contributed by atoms with Crippen LogP contribution in [0.4, 0.5) is 5.69 Å². The lowest BCUT2D eigenvalue weighted by Gasteiger charge is -2.32. The normalized spacial score (nSPS) is 14.8. The smallest absolute Gasteiger partial charge is 0.355 e. The quantitative estimate of drug-likeness (QED) is 0.554. The molecule has 0 aromatic heterocycles. The van der Waals surface area contributed by atoms with Gasteiger partial charge in [0.15, 0.2) is 0 Å². The predicted octanol–water partition coefficient (Wildman–Crippen LogP) is 1.99. The van der Waals surface area contributed by atoms with Crippen LogP contribution >= 0.6 is 22.6 Å². The van der Waals surface area contributed by atoms with Crippen LogP contribution in [0.2, 0.25) is 0 Å². The van der Waals surface area contributed by atoms with Crippen LogP contribution in [0, 0.1) is 10.5 Å². The fraction of sp³-hybridized carbons (Fsp3) is 0.333. The van der Waals surface area contributed by atoms with Crippen molar-refractivity contribution in [2.24, 2.45) is 0 Å². The van der Waals surface area contributed by atoms with E-state index >= 15 is 0 Å². The van der Waals surface area contributed by atoms with Crippen molar-refractivity contribution < 1.29 is 23.8 Å². The average molecular weight is 417 g/mol. The standard InChI is InChI=1S/C15H16INO5/c1-9-6-10(16)4-5-12(9)17-8-22-7-11(14(18)20-2)13(17)15(19)21-3/h4-6H,7-8H2,1-3H3. The first-order valence-corrected chi connectivity index (χ1v) is 7.58. The van der Waals surface area contributed by atoms with Crippen LogP contribution in [-0.2, 0) is 23.8 Å². The van der Waals surface area contributed by atoms with E-state index in [2.05, 4.69) is 22.6 Å². The van der Waals surface area contributed by atoms with E-state index in [9.17, 15) is 9.59 Å². The van der Waals surface area contributed by atoms with Gasteiger partial charge in [0.2, 0.25) is 0 Å². The third-order valence-corrected chi connectivity index (χ3v) is 3.95. The third kappa shape index (κ3) is 3.25. The maximum Gasteiger partial charge on any atom is 0.355 e. The summed E-state index contributed by atoms with van der Waals surface area (Å²) in [5.41, 5.74) is 2.05. The van der Waals surface area contributed by atoms with Gasteiger partial charge in [-0.05, 0) is 53.3 Å². The van der Waals surface area contributed by atoms with Gasteiger partial charge in [-0.2, -0.15) is 0 Å². The zero-order valence-electron chi connectivity index (χ0n) is 12.5. The number of rotatable bonds is 3. The molecule has 0 bridgehead atoms. The highest BCUT2D eigenvalue weighted by Crippen LogP contribution is 2.30. The van der Waals surface area contributed by atoms with E-state index in [1.807, 2.05) is 25.1 Å². The number of anilines is 1. The van der Waals surface area contributed by atoms with Crippen LogP contribution in [0.25, 0.3) is 0 Å². The molecule has 7 heteroatoms. The predicted molar refractivity (Wildman–Crippen MR) is 88.3 cm³/mol. The third-order valence-electron chi connectivity index (χ3n) is 3.28. The molecule has 1 aliphatic heterocycles. The number of benzene rings is 1. The first-order chi connectivity index (χ1) is 10.5. The molecule has 1 aliphatic rings. The molecule has 0 fully saturated rings. The van der Waals surface area contributed by atoms with E-state index in [1.54, 1.807) is 4.90 Å². The highest BCUT2D eigenvalue weighted by atomic mass is 127. The monoisotopic (exact) mass is 417 g/mol. The molecule has 0 spiro atoms. The Morgan fingerprint density at radius 3 is 2.50 bits per heavy atom. The summed E-state index contributed by atoms with van der Waals surface area (Å²) in [4.78, 5) is 25.7. The van der Waals surface area contributed by atoms with Gasteiger partial charge in [0, 0.05) is 9.26 Å². The Balaban J connectivity index is 2.57. The average Bonchev–Trinajstić information content (AvgIpc) is 2.52. The topological polar surface area (TPSA) is 65.1 Å². The molecule has 0 radical (unpaired) electrons. The first kappa shape index (κ1) is 16.8. The summed E-state index contributed by atoms with van der Waals surface area (Å²) in [5.74, 6) is -1.20. The Morgan fingerprint density at radius 1 is 1.23 bits per heavy atom. The Morgan fingerprint density at radius 2 is 1.91 bits per heavy atom. The minimum absolute atomic E-state index is 0.0109. The van der Waals surface area contributed by atoms with Crippen molar-refractivity contribution in [1.29, 1.82) is 0 Å². The van der Waals surface area contributed by atoms with Crippen LogP contribution in [0.5, 0.6) is 0 Å². The molecule has 0 aliphatic carbocycles. The van der Waals surface area contributed by atoms with E-state index < -0.39 is 11.9 Å². The zero-order chi connectivity index (χ0) is 16.3. The Bertz CT molecular complexity index is 641. The molecule has 22 heavy (non-hydrogen) atoms. The summed E-state index contributed by atoms with van der Waals surface area (Å²) < 4.78 is 16.1. The summed E-state index contributed by atoms with van der Waals surface area (Å²) in [6, 6.07) is 5.78. The van der Waals surface area contributed by atoms with E-state index in [0.29, 0.717) is 0 Å². The van der Waals surface area contributed by atoms with Crippen molar-refractivity contribution in [1.82, 2.24) is 0 Å². The van der Waals surface area contributed by atoms with E-state index in [-0.39, 0.29) is 24.6 Å². The molecule has 0 saturated heterocycles. The second kappa shape index (κ2) is 7.10. The van der Waals surface area contributed by atoms with Gasteiger partial charge in [0.05, 0.1) is 26.4 Å². The zero-order valence-corrected chi connectivity index (χ0v) is 14.7. The van der Waals surface area contributed by atoms with Crippen molar-refractivity contribution in [3.63, 3.8) is 0 Å². The Labute approximate surface area is 142 Å². The van der Waals surface area contributed by atoms with E-state index in [4.69, 9.17) is 14.2 Å². The highest BCUT2D eigenvalue weighted by molar-refractivity contribution is 14.1.